The number of hydrogen-bond acceptors (Lipinski definition) is 6. The van der Waals surface area contributed by atoms with Gasteiger partial charge >= 0.3 is 5.97 Å². The fourth-order valence-corrected chi connectivity index (χ4v) is 5.40. The highest BCUT2D eigenvalue weighted by Gasteiger charge is 2.36. The van der Waals surface area contributed by atoms with Gasteiger partial charge in [0, 0.05) is 24.4 Å². The van der Waals surface area contributed by atoms with Crippen molar-refractivity contribution in [2.45, 2.75) is 52.4 Å². The van der Waals surface area contributed by atoms with Crippen LogP contribution in [-0.2, 0) is 19.1 Å². The molecule has 1 aromatic rings. The quantitative estimate of drug-likeness (QED) is 0.469. The van der Waals surface area contributed by atoms with E-state index < -0.39 is 5.97 Å². The van der Waals surface area contributed by atoms with Crippen molar-refractivity contribution >= 4 is 34.8 Å². The Bertz CT molecular complexity index is 989. The minimum atomic E-state index is -0.514. The third kappa shape index (κ3) is 5.81. The summed E-state index contributed by atoms with van der Waals surface area (Å²) in [5.74, 6) is 6.19. The molecule has 4 rings (SSSR count). The summed E-state index contributed by atoms with van der Waals surface area (Å²) in [5.41, 5.74) is 0.475. The number of hydrogen-bond donors (Lipinski definition) is 0. The van der Waals surface area contributed by atoms with E-state index >= 15 is 0 Å². The monoisotopic (exact) mass is 486 g/mol. The largest absolute Gasteiger partial charge is 0.465 e. The molecule has 1 saturated heterocycles. The predicted octanol–water partition coefficient (Wildman–Crippen LogP) is 3.70. The van der Waals surface area contributed by atoms with Gasteiger partial charge in [0.25, 0.3) is 0 Å². The molecule has 1 aromatic heterocycles. The van der Waals surface area contributed by atoms with Crippen molar-refractivity contribution in [1.82, 2.24) is 4.90 Å². The summed E-state index contributed by atoms with van der Waals surface area (Å²) in [6.45, 7) is 6.22. The molecule has 34 heavy (non-hydrogen) atoms. The van der Waals surface area contributed by atoms with E-state index in [1.54, 1.807) is 11.0 Å². The molecule has 2 amide bonds. The van der Waals surface area contributed by atoms with Crippen LogP contribution in [0.5, 0.6) is 0 Å². The topological polar surface area (TPSA) is 76.2 Å². The highest BCUT2D eigenvalue weighted by atomic mass is 32.1. The van der Waals surface area contributed by atoms with Crippen molar-refractivity contribution in [3.8, 4) is 11.8 Å². The molecule has 2 saturated carbocycles. The van der Waals surface area contributed by atoms with Crippen LogP contribution in [0.3, 0.4) is 0 Å². The zero-order valence-corrected chi connectivity index (χ0v) is 21.2. The maximum Gasteiger partial charge on any atom is 0.350 e. The van der Waals surface area contributed by atoms with E-state index in [1.807, 2.05) is 0 Å². The van der Waals surface area contributed by atoms with E-state index in [4.69, 9.17) is 9.47 Å². The number of morpholine rings is 1. The van der Waals surface area contributed by atoms with Crippen molar-refractivity contribution in [3.63, 3.8) is 0 Å². The van der Waals surface area contributed by atoms with E-state index in [9.17, 15) is 14.4 Å². The second kappa shape index (κ2) is 10.5. The minimum absolute atomic E-state index is 0.0379. The Kier molecular flexibility index (Phi) is 7.63. The van der Waals surface area contributed by atoms with E-state index in [2.05, 4.69) is 25.7 Å². The first-order valence-corrected chi connectivity index (χ1v) is 13.0. The molecule has 7 nitrogen and oxygen atoms in total. The van der Waals surface area contributed by atoms with Gasteiger partial charge in [0.2, 0.25) is 11.8 Å². The van der Waals surface area contributed by atoms with Crippen molar-refractivity contribution in [2.75, 3.05) is 44.9 Å². The van der Waals surface area contributed by atoms with Crippen LogP contribution in [0, 0.1) is 29.1 Å². The van der Waals surface area contributed by atoms with Crippen LogP contribution in [0.15, 0.2) is 6.07 Å². The van der Waals surface area contributed by atoms with Gasteiger partial charge in [-0.3, -0.25) is 9.59 Å². The van der Waals surface area contributed by atoms with Gasteiger partial charge in [-0.15, -0.1) is 11.3 Å². The summed E-state index contributed by atoms with van der Waals surface area (Å²) < 4.78 is 10.4. The number of carbonyl (C=O) groups is 3. The molecule has 0 unspecified atom stereocenters. The van der Waals surface area contributed by atoms with Gasteiger partial charge in [0.1, 0.15) is 11.4 Å². The smallest absolute Gasteiger partial charge is 0.350 e. The van der Waals surface area contributed by atoms with Gasteiger partial charge in [-0.1, -0.05) is 18.8 Å². The lowest BCUT2D eigenvalue weighted by atomic mass is 9.82. The molecule has 3 aliphatic rings. The molecule has 0 aromatic carbocycles. The Morgan fingerprint density at radius 2 is 1.88 bits per heavy atom. The fourth-order valence-electron chi connectivity index (χ4n) is 4.46. The summed E-state index contributed by atoms with van der Waals surface area (Å²) >= 11 is 1.23. The first kappa shape index (κ1) is 24.7. The Morgan fingerprint density at radius 1 is 1.21 bits per heavy atom. The van der Waals surface area contributed by atoms with Gasteiger partial charge in [-0.2, -0.15) is 0 Å². The van der Waals surface area contributed by atoms with Crippen LogP contribution in [0.2, 0.25) is 0 Å². The lowest BCUT2D eigenvalue weighted by Gasteiger charge is -2.33. The molecule has 0 N–H and O–H groups in total. The Hall–Kier alpha value is -2.37. The average molecular weight is 487 g/mol. The SMILES string of the molecule is COC(=O)c1sc(C#CC2(C)CC2)cc1N(CC(=O)N1CCOCC1)C(=O)C1CCC(C)CC1. The van der Waals surface area contributed by atoms with E-state index in [-0.39, 0.29) is 29.7 Å². The molecule has 0 bridgehead atoms. The first-order chi connectivity index (χ1) is 16.3. The number of anilines is 1. The average Bonchev–Trinajstić information content (AvgIpc) is 3.44. The summed E-state index contributed by atoms with van der Waals surface area (Å²) in [4.78, 5) is 43.9. The van der Waals surface area contributed by atoms with E-state index in [0.29, 0.717) is 47.7 Å². The maximum atomic E-state index is 13.8. The third-order valence-corrected chi connectivity index (χ3v) is 8.17. The summed E-state index contributed by atoms with van der Waals surface area (Å²) in [5, 5.41) is 0. The number of nitrogens with zero attached hydrogens (tertiary/aromatic N) is 2. The van der Waals surface area contributed by atoms with Gasteiger partial charge in [0.05, 0.1) is 30.9 Å². The van der Waals surface area contributed by atoms with Gasteiger partial charge in [-0.25, -0.2) is 4.79 Å². The van der Waals surface area contributed by atoms with Crippen molar-refractivity contribution in [3.05, 3.63) is 15.8 Å². The molecule has 184 valence electrons. The summed E-state index contributed by atoms with van der Waals surface area (Å²) in [6.07, 6.45) is 5.71. The number of carbonyl (C=O) groups excluding carboxylic acids is 3. The predicted molar refractivity (Wildman–Crippen MR) is 131 cm³/mol. The normalized spacial score (nSPS) is 23.4. The Morgan fingerprint density at radius 3 is 2.50 bits per heavy atom. The van der Waals surface area contributed by atoms with Crippen molar-refractivity contribution < 1.29 is 23.9 Å². The molecule has 2 heterocycles. The zero-order valence-electron chi connectivity index (χ0n) is 20.4. The summed E-state index contributed by atoms with van der Waals surface area (Å²) in [7, 11) is 1.33. The lowest BCUT2D eigenvalue weighted by Crippen LogP contribution is -2.49. The van der Waals surface area contributed by atoms with Gasteiger partial charge < -0.3 is 19.3 Å². The molecule has 0 spiro atoms. The molecule has 0 radical (unpaired) electrons. The van der Waals surface area contributed by atoms with Crippen molar-refractivity contribution in [1.29, 1.82) is 0 Å². The molecule has 0 atom stereocenters. The highest BCUT2D eigenvalue weighted by Crippen LogP contribution is 2.44. The molecule has 2 aliphatic carbocycles. The number of ether oxygens (including phenoxy) is 2. The fraction of sp³-hybridized carbons (Fsp3) is 0.654. The Balaban J connectivity index is 1.66. The van der Waals surface area contributed by atoms with Gasteiger partial charge in [0.15, 0.2) is 0 Å². The molecular weight excluding hydrogens is 452 g/mol. The zero-order chi connectivity index (χ0) is 24.3. The maximum absolute atomic E-state index is 13.8. The minimum Gasteiger partial charge on any atom is -0.465 e. The third-order valence-electron chi connectivity index (χ3n) is 7.15. The van der Waals surface area contributed by atoms with Gasteiger partial charge in [-0.05, 0) is 57.4 Å². The molecule has 3 fully saturated rings. The number of rotatable bonds is 5. The van der Waals surface area contributed by atoms with Crippen LogP contribution in [-0.4, -0.2) is 62.6 Å². The summed E-state index contributed by atoms with van der Waals surface area (Å²) in [6, 6.07) is 1.78. The van der Waals surface area contributed by atoms with E-state index in [0.717, 1.165) is 38.5 Å². The number of methoxy groups -OCH3 is 1. The van der Waals surface area contributed by atoms with Crippen LogP contribution in [0.25, 0.3) is 0 Å². The lowest BCUT2D eigenvalue weighted by molar-refractivity contribution is -0.135. The van der Waals surface area contributed by atoms with Crippen LogP contribution < -0.4 is 4.90 Å². The van der Waals surface area contributed by atoms with Crippen molar-refractivity contribution in [2.24, 2.45) is 17.3 Å². The molecular formula is C26H34N2O5S. The standard InChI is InChI=1S/C26H34N2O5S/c1-18-4-6-19(7-5-18)24(30)28(17-22(29)27-12-14-33-15-13-27)21-16-20(8-9-26(2)10-11-26)34-23(21)25(31)32-3/h16,18-19H,4-7,10-15,17H2,1-3H3. The highest BCUT2D eigenvalue weighted by molar-refractivity contribution is 7.15. The second-order valence-electron chi connectivity index (χ2n) is 10.0. The van der Waals surface area contributed by atoms with E-state index in [1.165, 1.54) is 23.3 Å². The number of amides is 2. The molecule has 8 heteroatoms. The van der Waals surface area contributed by atoms with Crippen LogP contribution in [0.4, 0.5) is 5.69 Å². The van der Waals surface area contributed by atoms with Crippen LogP contribution >= 0.6 is 11.3 Å². The first-order valence-electron chi connectivity index (χ1n) is 12.2. The molecule has 1 aliphatic heterocycles. The number of thiophene rings is 1. The number of esters is 1. The Labute approximate surface area is 205 Å². The second-order valence-corrected chi connectivity index (χ2v) is 11.1. The van der Waals surface area contributed by atoms with Crippen LogP contribution in [0.1, 0.15) is 66.9 Å².